The van der Waals surface area contributed by atoms with Crippen molar-refractivity contribution in [3.05, 3.63) is 44.9 Å². The topological polar surface area (TPSA) is 82.5 Å². The molecule has 1 atom stereocenters. The molecular weight excluding hydrogens is 486 g/mol. The first-order chi connectivity index (χ1) is 15.5. The van der Waals surface area contributed by atoms with E-state index in [1.807, 2.05) is 45.9 Å². The van der Waals surface area contributed by atoms with Crippen molar-refractivity contribution < 1.29 is 14.3 Å². The molecule has 0 aliphatic heterocycles. The summed E-state index contributed by atoms with van der Waals surface area (Å²) < 4.78 is 14.0. The Morgan fingerprint density at radius 3 is 2.70 bits per heavy atom. The third kappa shape index (κ3) is 5.32. The molecule has 0 radical (unpaired) electrons. The first-order valence-corrected chi connectivity index (χ1v) is 12.0. The van der Waals surface area contributed by atoms with Gasteiger partial charge in [-0.15, -0.1) is 0 Å². The molecule has 0 bridgehead atoms. The average molecular weight is 516 g/mol. The molecule has 1 amide bonds. The molecule has 0 spiro atoms. The Hall–Kier alpha value is -2.61. The van der Waals surface area contributed by atoms with Gasteiger partial charge in [-0.2, -0.15) is 0 Å². The second-order valence-electron chi connectivity index (χ2n) is 9.82. The van der Waals surface area contributed by atoms with Gasteiger partial charge in [-0.05, 0) is 73.5 Å². The molecule has 176 valence electrons. The zero-order chi connectivity index (χ0) is 23.9. The summed E-state index contributed by atoms with van der Waals surface area (Å²) in [4.78, 5) is 29.6. The van der Waals surface area contributed by atoms with Crippen molar-refractivity contribution in [2.45, 2.75) is 58.6 Å². The highest BCUT2D eigenvalue weighted by molar-refractivity contribution is 9.10. The number of hydrogen-bond donors (Lipinski definition) is 1. The number of halogens is 1. The summed E-state index contributed by atoms with van der Waals surface area (Å²) in [5.74, 6) is 1.23. The number of nitrogens with zero attached hydrogens (tertiary/aromatic N) is 2. The van der Waals surface area contributed by atoms with E-state index >= 15 is 0 Å². The van der Waals surface area contributed by atoms with E-state index in [1.165, 1.54) is 12.8 Å². The van der Waals surface area contributed by atoms with Gasteiger partial charge < -0.3 is 19.4 Å². The van der Waals surface area contributed by atoms with Gasteiger partial charge in [0.1, 0.15) is 18.0 Å². The van der Waals surface area contributed by atoms with Gasteiger partial charge >= 0.3 is 6.09 Å². The van der Waals surface area contributed by atoms with Gasteiger partial charge in [-0.3, -0.25) is 9.78 Å². The molecule has 2 aromatic heterocycles. The number of rotatable bonds is 6. The quantitative estimate of drug-likeness (QED) is 0.454. The molecule has 1 aliphatic rings. The minimum Gasteiger partial charge on any atom is -0.490 e. The second-order valence-corrected chi connectivity index (χ2v) is 10.7. The third-order valence-electron chi connectivity index (χ3n) is 5.84. The van der Waals surface area contributed by atoms with Crippen molar-refractivity contribution in [1.29, 1.82) is 0 Å². The number of ether oxygens (including phenoxy) is 2. The largest absolute Gasteiger partial charge is 0.490 e. The molecule has 2 heterocycles. The molecule has 1 N–H and O–H groups in total. The summed E-state index contributed by atoms with van der Waals surface area (Å²) in [5.41, 5.74) is 0.838. The monoisotopic (exact) mass is 515 g/mol. The zero-order valence-corrected chi connectivity index (χ0v) is 21.3. The fourth-order valence-corrected chi connectivity index (χ4v) is 4.53. The van der Waals surface area contributed by atoms with E-state index < -0.39 is 11.7 Å². The molecule has 3 aromatic rings. The number of aromatic nitrogens is 2. The molecule has 1 aromatic carbocycles. The summed E-state index contributed by atoms with van der Waals surface area (Å²) in [6, 6.07) is 5.56. The first kappa shape index (κ1) is 23.5. The van der Waals surface area contributed by atoms with Crippen LogP contribution in [0.4, 0.5) is 4.79 Å². The van der Waals surface area contributed by atoms with Crippen LogP contribution in [0.5, 0.6) is 5.75 Å². The highest BCUT2D eigenvalue weighted by Crippen LogP contribution is 2.35. The SMILES string of the molecule is Cc1nccc2c1c(=O)n(C)c1cc(OCC(CC3CC3)NC(=O)OC(C)(C)C)c(Br)cc21. The summed E-state index contributed by atoms with van der Waals surface area (Å²) >= 11 is 3.63. The molecule has 1 fully saturated rings. The molecule has 1 saturated carbocycles. The summed E-state index contributed by atoms with van der Waals surface area (Å²) in [6.45, 7) is 7.69. The van der Waals surface area contributed by atoms with Gasteiger partial charge in [0.15, 0.2) is 0 Å². The Balaban J connectivity index is 1.61. The van der Waals surface area contributed by atoms with Crippen LogP contribution in [0.1, 0.15) is 45.7 Å². The Morgan fingerprint density at radius 2 is 2.03 bits per heavy atom. The zero-order valence-electron chi connectivity index (χ0n) is 19.7. The van der Waals surface area contributed by atoms with Crippen LogP contribution < -0.4 is 15.6 Å². The maximum Gasteiger partial charge on any atom is 0.407 e. The molecule has 0 saturated heterocycles. The standard InChI is InChI=1S/C25H30BrN3O4/c1-14-22-17(8-9-27-14)18-11-19(26)21(12-20(18)29(5)23(22)30)32-13-16(10-15-6-7-15)28-24(31)33-25(2,3)4/h8-9,11-12,15-16H,6-7,10,13H2,1-5H3,(H,28,31). The fraction of sp³-hybridized carbons (Fsp3) is 0.480. The van der Waals surface area contributed by atoms with E-state index in [1.54, 1.807) is 17.8 Å². The summed E-state index contributed by atoms with van der Waals surface area (Å²) in [5, 5.41) is 5.39. The Morgan fingerprint density at radius 1 is 1.30 bits per heavy atom. The van der Waals surface area contributed by atoms with Gasteiger partial charge in [0, 0.05) is 24.7 Å². The highest BCUT2D eigenvalue weighted by Gasteiger charge is 2.28. The van der Waals surface area contributed by atoms with Crippen LogP contribution in [0.25, 0.3) is 21.7 Å². The fourth-order valence-electron chi connectivity index (χ4n) is 4.07. The maximum atomic E-state index is 13.0. The number of aryl methyl sites for hydroxylation is 2. The van der Waals surface area contributed by atoms with E-state index in [2.05, 4.69) is 26.2 Å². The molecule has 1 aliphatic carbocycles. The lowest BCUT2D eigenvalue weighted by atomic mass is 10.1. The van der Waals surface area contributed by atoms with Gasteiger partial charge in [-0.1, -0.05) is 12.8 Å². The van der Waals surface area contributed by atoms with Crippen LogP contribution in [0, 0.1) is 12.8 Å². The van der Waals surface area contributed by atoms with Gasteiger partial charge in [0.05, 0.1) is 27.1 Å². The van der Waals surface area contributed by atoms with Crippen LogP contribution in [-0.2, 0) is 11.8 Å². The number of fused-ring (bicyclic) bond motifs is 3. The third-order valence-corrected chi connectivity index (χ3v) is 6.46. The number of carbonyl (C=O) groups excluding carboxylic acids is 1. The second kappa shape index (κ2) is 8.97. The van der Waals surface area contributed by atoms with Gasteiger partial charge in [0.25, 0.3) is 5.56 Å². The smallest absolute Gasteiger partial charge is 0.407 e. The molecule has 7 nitrogen and oxygen atoms in total. The van der Waals surface area contributed by atoms with E-state index in [-0.39, 0.29) is 11.6 Å². The molecule has 33 heavy (non-hydrogen) atoms. The number of benzene rings is 1. The van der Waals surface area contributed by atoms with Gasteiger partial charge in [-0.25, -0.2) is 4.79 Å². The van der Waals surface area contributed by atoms with Crippen LogP contribution in [0.3, 0.4) is 0 Å². The van der Waals surface area contributed by atoms with Crippen LogP contribution in [-0.4, -0.2) is 33.9 Å². The number of nitrogens with one attached hydrogen (secondary N) is 1. The predicted molar refractivity (Wildman–Crippen MR) is 133 cm³/mol. The number of pyridine rings is 2. The average Bonchev–Trinajstić information content (AvgIpc) is 3.53. The Kier molecular flexibility index (Phi) is 6.40. The minimum atomic E-state index is -0.558. The Bertz CT molecular complexity index is 1270. The lowest BCUT2D eigenvalue weighted by Gasteiger charge is -2.24. The number of hydrogen-bond acceptors (Lipinski definition) is 5. The van der Waals surface area contributed by atoms with E-state index in [0.717, 1.165) is 27.2 Å². The number of carbonyl (C=O) groups is 1. The van der Waals surface area contributed by atoms with E-state index in [4.69, 9.17) is 9.47 Å². The molecule has 8 heteroatoms. The lowest BCUT2D eigenvalue weighted by Crippen LogP contribution is -2.42. The van der Waals surface area contributed by atoms with Crippen molar-refractivity contribution in [3.8, 4) is 5.75 Å². The highest BCUT2D eigenvalue weighted by atomic mass is 79.9. The maximum absolute atomic E-state index is 13.0. The van der Waals surface area contributed by atoms with E-state index in [0.29, 0.717) is 29.4 Å². The van der Waals surface area contributed by atoms with Gasteiger partial charge in [0.2, 0.25) is 0 Å². The van der Waals surface area contributed by atoms with Crippen molar-refractivity contribution >= 4 is 43.7 Å². The van der Waals surface area contributed by atoms with E-state index in [9.17, 15) is 9.59 Å². The van der Waals surface area contributed by atoms with Crippen LogP contribution in [0.2, 0.25) is 0 Å². The van der Waals surface area contributed by atoms with Crippen molar-refractivity contribution in [3.63, 3.8) is 0 Å². The first-order valence-electron chi connectivity index (χ1n) is 11.2. The number of amides is 1. The number of alkyl carbamates (subject to hydrolysis) is 1. The summed E-state index contributed by atoms with van der Waals surface area (Å²) in [7, 11) is 1.76. The Labute approximate surface area is 201 Å². The molecular formula is C25H30BrN3O4. The van der Waals surface area contributed by atoms with Crippen LogP contribution in [0.15, 0.2) is 33.7 Å². The lowest BCUT2D eigenvalue weighted by molar-refractivity contribution is 0.0482. The summed E-state index contributed by atoms with van der Waals surface area (Å²) in [6.07, 6.45) is 4.48. The minimum absolute atomic E-state index is 0.0884. The molecule has 1 unspecified atom stereocenters. The normalized spacial score (nSPS) is 15.0. The van der Waals surface area contributed by atoms with Crippen molar-refractivity contribution in [2.24, 2.45) is 13.0 Å². The van der Waals surface area contributed by atoms with Crippen molar-refractivity contribution in [1.82, 2.24) is 14.9 Å². The van der Waals surface area contributed by atoms with Crippen LogP contribution >= 0.6 is 15.9 Å². The predicted octanol–water partition coefficient (Wildman–Crippen LogP) is 5.23. The van der Waals surface area contributed by atoms with Crippen molar-refractivity contribution in [2.75, 3.05) is 6.61 Å². The molecule has 4 rings (SSSR count).